The number of hydrogen-bond donors (Lipinski definition) is 0. The lowest BCUT2D eigenvalue weighted by atomic mass is 10.2. The van der Waals surface area contributed by atoms with E-state index in [4.69, 9.17) is 9.47 Å². The topological polar surface area (TPSA) is 21.8 Å². The molecule has 0 bridgehead atoms. The molecule has 0 aromatic rings. The van der Waals surface area contributed by atoms with E-state index < -0.39 is 0 Å². The van der Waals surface area contributed by atoms with E-state index in [0.717, 1.165) is 13.2 Å². The first-order chi connectivity index (χ1) is 4.93. The Labute approximate surface area is 62.5 Å². The van der Waals surface area contributed by atoms with E-state index in [0.29, 0.717) is 0 Å². The van der Waals surface area contributed by atoms with Crippen LogP contribution in [-0.2, 0) is 9.47 Å². The second-order valence-corrected chi connectivity index (χ2v) is 2.69. The van der Waals surface area contributed by atoms with Crippen LogP contribution in [-0.4, -0.2) is 19.5 Å². The molecule has 0 amide bonds. The zero-order chi connectivity index (χ0) is 7.23. The smallest absolute Gasteiger partial charge is 0.181 e. The van der Waals surface area contributed by atoms with E-state index in [1.54, 1.807) is 0 Å². The highest BCUT2D eigenvalue weighted by molar-refractivity contribution is 4.54. The van der Waals surface area contributed by atoms with Crippen molar-refractivity contribution in [3.05, 3.63) is 0 Å². The molecule has 0 radical (unpaired) electrons. The SMILES string of the molecule is CCCCCCOC1CO1. The van der Waals surface area contributed by atoms with E-state index in [1.807, 2.05) is 0 Å². The molecule has 0 saturated carbocycles. The van der Waals surface area contributed by atoms with Crippen LogP contribution in [0.1, 0.15) is 32.6 Å². The van der Waals surface area contributed by atoms with Gasteiger partial charge in [-0.05, 0) is 6.42 Å². The predicted octanol–water partition coefficient (Wildman–Crippen LogP) is 1.94. The van der Waals surface area contributed by atoms with Crippen LogP contribution >= 0.6 is 0 Å². The standard InChI is InChI=1S/C8H16O2/c1-2-3-4-5-6-9-8-7-10-8/h8H,2-7H2,1H3. The average Bonchev–Trinajstić information content (AvgIpc) is 2.71. The number of unbranched alkanes of at least 4 members (excludes halogenated alkanes) is 3. The Morgan fingerprint density at radius 2 is 2.20 bits per heavy atom. The van der Waals surface area contributed by atoms with Gasteiger partial charge in [-0.1, -0.05) is 26.2 Å². The summed E-state index contributed by atoms with van der Waals surface area (Å²) in [6, 6.07) is 0. The zero-order valence-electron chi connectivity index (χ0n) is 6.64. The van der Waals surface area contributed by atoms with Crippen molar-refractivity contribution in [1.29, 1.82) is 0 Å². The lowest BCUT2D eigenvalue weighted by Crippen LogP contribution is -1.96. The summed E-state index contributed by atoms with van der Waals surface area (Å²) in [7, 11) is 0. The average molecular weight is 144 g/mol. The molecular weight excluding hydrogens is 128 g/mol. The Bertz CT molecular complexity index is 79.3. The molecule has 1 saturated heterocycles. The molecule has 0 aromatic heterocycles. The normalized spacial score (nSPS) is 23.1. The van der Waals surface area contributed by atoms with Crippen molar-refractivity contribution in [3.8, 4) is 0 Å². The second-order valence-electron chi connectivity index (χ2n) is 2.69. The molecule has 1 heterocycles. The molecule has 1 aliphatic rings. The molecular formula is C8H16O2. The molecule has 1 aliphatic heterocycles. The molecule has 1 unspecified atom stereocenters. The Kier molecular flexibility index (Phi) is 3.76. The van der Waals surface area contributed by atoms with Crippen molar-refractivity contribution >= 4 is 0 Å². The molecule has 1 atom stereocenters. The monoisotopic (exact) mass is 144 g/mol. The maximum atomic E-state index is 5.28. The van der Waals surface area contributed by atoms with Crippen molar-refractivity contribution in [3.63, 3.8) is 0 Å². The summed E-state index contributed by atoms with van der Waals surface area (Å²) in [5.74, 6) is 0. The van der Waals surface area contributed by atoms with E-state index in [-0.39, 0.29) is 6.29 Å². The van der Waals surface area contributed by atoms with E-state index in [1.165, 1.54) is 25.7 Å². The highest BCUT2D eigenvalue weighted by Gasteiger charge is 2.22. The Hall–Kier alpha value is -0.0800. The second kappa shape index (κ2) is 4.69. The van der Waals surface area contributed by atoms with Crippen LogP contribution in [0.15, 0.2) is 0 Å². The lowest BCUT2D eigenvalue weighted by molar-refractivity contribution is 0.0479. The van der Waals surface area contributed by atoms with Gasteiger partial charge in [0.1, 0.15) is 6.61 Å². The number of ether oxygens (including phenoxy) is 2. The number of epoxide rings is 1. The van der Waals surface area contributed by atoms with Crippen molar-refractivity contribution in [1.82, 2.24) is 0 Å². The van der Waals surface area contributed by atoms with Gasteiger partial charge in [-0.15, -0.1) is 0 Å². The molecule has 2 heteroatoms. The van der Waals surface area contributed by atoms with Gasteiger partial charge in [-0.3, -0.25) is 0 Å². The molecule has 2 nitrogen and oxygen atoms in total. The van der Waals surface area contributed by atoms with Gasteiger partial charge < -0.3 is 9.47 Å². The first-order valence-electron chi connectivity index (χ1n) is 4.16. The summed E-state index contributed by atoms with van der Waals surface area (Å²) >= 11 is 0. The zero-order valence-corrected chi connectivity index (χ0v) is 6.64. The Morgan fingerprint density at radius 1 is 1.40 bits per heavy atom. The first-order valence-corrected chi connectivity index (χ1v) is 4.16. The molecule has 1 rings (SSSR count). The van der Waals surface area contributed by atoms with Gasteiger partial charge in [0.05, 0.1) is 0 Å². The summed E-state index contributed by atoms with van der Waals surface area (Å²) in [5.41, 5.74) is 0. The molecule has 0 spiro atoms. The van der Waals surface area contributed by atoms with Crippen molar-refractivity contribution < 1.29 is 9.47 Å². The van der Waals surface area contributed by atoms with Crippen molar-refractivity contribution in [2.24, 2.45) is 0 Å². The Morgan fingerprint density at radius 3 is 2.80 bits per heavy atom. The van der Waals surface area contributed by atoms with Crippen LogP contribution in [0, 0.1) is 0 Å². The molecule has 0 aromatic carbocycles. The van der Waals surface area contributed by atoms with Gasteiger partial charge in [0.15, 0.2) is 6.29 Å². The Balaban J connectivity index is 1.68. The largest absolute Gasteiger partial charge is 0.350 e. The van der Waals surface area contributed by atoms with Crippen LogP contribution in [0.5, 0.6) is 0 Å². The van der Waals surface area contributed by atoms with E-state index in [9.17, 15) is 0 Å². The van der Waals surface area contributed by atoms with Gasteiger partial charge in [-0.2, -0.15) is 0 Å². The van der Waals surface area contributed by atoms with Crippen LogP contribution in [0.4, 0.5) is 0 Å². The molecule has 60 valence electrons. The summed E-state index contributed by atoms with van der Waals surface area (Å²) in [5, 5.41) is 0. The third-order valence-electron chi connectivity index (χ3n) is 1.60. The summed E-state index contributed by atoms with van der Waals surface area (Å²) < 4.78 is 10.2. The van der Waals surface area contributed by atoms with Gasteiger partial charge >= 0.3 is 0 Å². The minimum atomic E-state index is 0.154. The van der Waals surface area contributed by atoms with Crippen molar-refractivity contribution in [2.45, 2.75) is 38.9 Å². The van der Waals surface area contributed by atoms with Gasteiger partial charge in [0.25, 0.3) is 0 Å². The lowest BCUT2D eigenvalue weighted by Gasteiger charge is -1.98. The van der Waals surface area contributed by atoms with Crippen LogP contribution in [0.25, 0.3) is 0 Å². The van der Waals surface area contributed by atoms with Crippen LogP contribution in [0.3, 0.4) is 0 Å². The maximum Gasteiger partial charge on any atom is 0.181 e. The quantitative estimate of drug-likeness (QED) is 0.419. The maximum absolute atomic E-state index is 5.28. The summed E-state index contributed by atoms with van der Waals surface area (Å²) in [6.45, 7) is 3.91. The molecule has 1 fully saturated rings. The highest BCUT2D eigenvalue weighted by atomic mass is 16.8. The fourth-order valence-electron chi connectivity index (χ4n) is 0.879. The summed E-state index contributed by atoms with van der Waals surface area (Å²) in [6.07, 6.45) is 5.26. The molecule has 0 aliphatic carbocycles. The van der Waals surface area contributed by atoms with Gasteiger partial charge in [-0.25, -0.2) is 0 Å². The summed E-state index contributed by atoms with van der Waals surface area (Å²) in [4.78, 5) is 0. The predicted molar refractivity (Wildman–Crippen MR) is 39.8 cm³/mol. The molecule has 0 N–H and O–H groups in total. The minimum Gasteiger partial charge on any atom is -0.350 e. The minimum absolute atomic E-state index is 0.154. The van der Waals surface area contributed by atoms with E-state index >= 15 is 0 Å². The van der Waals surface area contributed by atoms with Gasteiger partial charge in [0.2, 0.25) is 0 Å². The van der Waals surface area contributed by atoms with Crippen LogP contribution in [0.2, 0.25) is 0 Å². The first kappa shape index (κ1) is 8.02. The van der Waals surface area contributed by atoms with Crippen LogP contribution < -0.4 is 0 Å². The number of hydrogen-bond acceptors (Lipinski definition) is 2. The molecule has 10 heavy (non-hydrogen) atoms. The third-order valence-corrected chi connectivity index (χ3v) is 1.60. The van der Waals surface area contributed by atoms with Crippen molar-refractivity contribution in [2.75, 3.05) is 13.2 Å². The van der Waals surface area contributed by atoms with Gasteiger partial charge in [0, 0.05) is 6.61 Å². The fraction of sp³-hybridized carbons (Fsp3) is 1.00. The number of rotatable bonds is 6. The highest BCUT2D eigenvalue weighted by Crippen LogP contribution is 2.11. The fourth-order valence-corrected chi connectivity index (χ4v) is 0.879. The van der Waals surface area contributed by atoms with E-state index in [2.05, 4.69) is 6.92 Å². The third kappa shape index (κ3) is 3.85.